The van der Waals surface area contributed by atoms with Crippen LogP contribution in [0.2, 0.25) is 0 Å². The molecule has 5 heteroatoms. The number of amides is 1. The van der Waals surface area contributed by atoms with E-state index in [4.69, 9.17) is 5.73 Å². The first kappa shape index (κ1) is 15.3. The molecule has 1 aliphatic heterocycles. The van der Waals surface area contributed by atoms with Gasteiger partial charge in [-0.05, 0) is 49.2 Å². The Balaban J connectivity index is 1.57. The lowest BCUT2D eigenvalue weighted by molar-refractivity contribution is -0.120. The largest absolute Gasteiger partial charge is 0.399 e. The Labute approximate surface area is 135 Å². The molecule has 0 spiro atoms. The van der Waals surface area contributed by atoms with Crippen LogP contribution in [0.5, 0.6) is 0 Å². The van der Waals surface area contributed by atoms with Gasteiger partial charge in [0.1, 0.15) is 5.82 Å². The number of hydrogen-bond acceptors (Lipinski definition) is 3. The number of rotatable bonds is 3. The van der Waals surface area contributed by atoms with Crippen molar-refractivity contribution in [2.45, 2.75) is 12.8 Å². The SMILES string of the molecule is Nc1ccc(N2CCC(C(=O)Nc3ccccc3F)CC2)cc1. The number of benzene rings is 2. The van der Waals surface area contributed by atoms with E-state index >= 15 is 0 Å². The minimum atomic E-state index is -0.403. The number of piperidine rings is 1. The molecule has 1 saturated heterocycles. The maximum absolute atomic E-state index is 13.6. The van der Waals surface area contributed by atoms with Gasteiger partial charge in [-0.25, -0.2) is 4.39 Å². The van der Waals surface area contributed by atoms with Crippen LogP contribution in [0.1, 0.15) is 12.8 Å². The summed E-state index contributed by atoms with van der Waals surface area (Å²) in [6.45, 7) is 1.61. The Morgan fingerprint density at radius 1 is 1.09 bits per heavy atom. The first-order valence-corrected chi connectivity index (χ1v) is 7.79. The first-order chi connectivity index (χ1) is 11.1. The molecule has 3 rings (SSSR count). The number of nitrogens with two attached hydrogens (primary N) is 1. The van der Waals surface area contributed by atoms with Gasteiger partial charge in [-0.3, -0.25) is 4.79 Å². The van der Waals surface area contributed by atoms with Crippen molar-refractivity contribution in [1.82, 2.24) is 0 Å². The second kappa shape index (κ2) is 6.69. The molecule has 1 aliphatic rings. The maximum Gasteiger partial charge on any atom is 0.227 e. The minimum absolute atomic E-state index is 0.0837. The third-order valence-electron chi connectivity index (χ3n) is 4.26. The van der Waals surface area contributed by atoms with E-state index in [1.807, 2.05) is 24.3 Å². The van der Waals surface area contributed by atoms with E-state index in [0.29, 0.717) is 0 Å². The van der Waals surface area contributed by atoms with Crippen LogP contribution in [-0.2, 0) is 4.79 Å². The summed E-state index contributed by atoms with van der Waals surface area (Å²) in [7, 11) is 0. The van der Waals surface area contributed by atoms with Crippen LogP contribution in [0.25, 0.3) is 0 Å². The van der Waals surface area contributed by atoms with Crippen molar-refractivity contribution in [3.8, 4) is 0 Å². The van der Waals surface area contributed by atoms with E-state index < -0.39 is 5.82 Å². The van der Waals surface area contributed by atoms with Crippen LogP contribution < -0.4 is 16.0 Å². The zero-order valence-electron chi connectivity index (χ0n) is 12.8. The highest BCUT2D eigenvalue weighted by atomic mass is 19.1. The normalized spacial score (nSPS) is 15.4. The highest BCUT2D eigenvalue weighted by Crippen LogP contribution is 2.25. The molecule has 1 amide bonds. The standard InChI is InChI=1S/C18H20FN3O/c19-16-3-1-2-4-17(16)21-18(23)13-9-11-22(12-10-13)15-7-5-14(20)6-8-15/h1-8,13H,9-12,20H2,(H,21,23). The number of anilines is 3. The molecule has 1 heterocycles. The zero-order valence-corrected chi connectivity index (χ0v) is 12.8. The predicted octanol–water partition coefficient (Wildman–Crippen LogP) is 3.26. The maximum atomic E-state index is 13.6. The number of hydrogen-bond donors (Lipinski definition) is 2. The molecule has 2 aromatic rings. The number of carbonyl (C=O) groups excluding carboxylic acids is 1. The number of para-hydroxylation sites is 1. The molecule has 0 saturated carbocycles. The average molecular weight is 313 g/mol. The number of halogens is 1. The Hall–Kier alpha value is -2.56. The van der Waals surface area contributed by atoms with Gasteiger partial charge in [0.05, 0.1) is 5.69 Å². The van der Waals surface area contributed by atoms with E-state index in [1.54, 1.807) is 18.2 Å². The molecule has 0 aromatic heterocycles. The Bertz CT molecular complexity index is 679. The molecule has 4 nitrogen and oxygen atoms in total. The van der Waals surface area contributed by atoms with E-state index in [1.165, 1.54) is 6.07 Å². The molecule has 1 fully saturated rings. The van der Waals surface area contributed by atoms with Gasteiger partial charge in [0.15, 0.2) is 0 Å². The molecule has 0 atom stereocenters. The zero-order chi connectivity index (χ0) is 16.2. The van der Waals surface area contributed by atoms with Crippen molar-refractivity contribution in [3.63, 3.8) is 0 Å². The van der Waals surface area contributed by atoms with Gasteiger partial charge in [-0.2, -0.15) is 0 Å². The number of nitrogen functional groups attached to an aromatic ring is 1. The van der Waals surface area contributed by atoms with Crippen molar-refractivity contribution in [1.29, 1.82) is 0 Å². The summed E-state index contributed by atoms with van der Waals surface area (Å²) in [5.74, 6) is -0.591. The fourth-order valence-corrected chi connectivity index (χ4v) is 2.88. The first-order valence-electron chi connectivity index (χ1n) is 7.79. The van der Waals surface area contributed by atoms with Gasteiger partial charge in [0, 0.05) is 30.4 Å². The van der Waals surface area contributed by atoms with Crippen LogP contribution in [0, 0.1) is 11.7 Å². The highest BCUT2D eigenvalue weighted by molar-refractivity contribution is 5.92. The van der Waals surface area contributed by atoms with Gasteiger partial charge in [-0.1, -0.05) is 12.1 Å². The van der Waals surface area contributed by atoms with Gasteiger partial charge in [0.25, 0.3) is 0 Å². The highest BCUT2D eigenvalue weighted by Gasteiger charge is 2.25. The van der Waals surface area contributed by atoms with Gasteiger partial charge in [-0.15, -0.1) is 0 Å². The van der Waals surface area contributed by atoms with Crippen molar-refractivity contribution in [3.05, 3.63) is 54.3 Å². The summed E-state index contributed by atoms with van der Waals surface area (Å²) < 4.78 is 13.6. The van der Waals surface area contributed by atoms with E-state index in [9.17, 15) is 9.18 Å². The van der Waals surface area contributed by atoms with Crippen molar-refractivity contribution >= 4 is 23.0 Å². The summed E-state index contributed by atoms with van der Waals surface area (Å²) in [4.78, 5) is 14.5. The number of nitrogens with zero attached hydrogens (tertiary/aromatic N) is 1. The van der Waals surface area contributed by atoms with E-state index in [0.717, 1.165) is 37.3 Å². The lowest BCUT2D eigenvalue weighted by atomic mass is 9.95. The van der Waals surface area contributed by atoms with Gasteiger partial charge in [0.2, 0.25) is 5.91 Å². The molecule has 23 heavy (non-hydrogen) atoms. The summed E-state index contributed by atoms with van der Waals surface area (Å²) in [6.07, 6.45) is 1.51. The summed E-state index contributed by atoms with van der Waals surface area (Å²) in [6, 6.07) is 14.0. The molecule has 0 radical (unpaired) electrons. The molecule has 0 unspecified atom stereocenters. The van der Waals surface area contributed by atoms with Gasteiger partial charge >= 0.3 is 0 Å². The number of nitrogens with one attached hydrogen (secondary N) is 1. The minimum Gasteiger partial charge on any atom is -0.399 e. The lowest BCUT2D eigenvalue weighted by Gasteiger charge is -2.33. The number of carbonyl (C=O) groups is 1. The molecular formula is C18H20FN3O. The topological polar surface area (TPSA) is 58.4 Å². The second-order valence-corrected chi connectivity index (χ2v) is 5.82. The van der Waals surface area contributed by atoms with Crippen LogP contribution >= 0.6 is 0 Å². The fraction of sp³-hybridized carbons (Fsp3) is 0.278. The molecule has 0 aliphatic carbocycles. The third-order valence-corrected chi connectivity index (χ3v) is 4.26. The Morgan fingerprint density at radius 2 is 1.74 bits per heavy atom. The monoisotopic (exact) mass is 313 g/mol. The summed E-state index contributed by atoms with van der Waals surface area (Å²) >= 11 is 0. The Morgan fingerprint density at radius 3 is 2.39 bits per heavy atom. The lowest BCUT2D eigenvalue weighted by Crippen LogP contribution is -2.38. The second-order valence-electron chi connectivity index (χ2n) is 5.82. The van der Waals surface area contributed by atoms with Crippen molar-refractivity contribution in [2.24, 2.45) is 5.92 Å². The molecule has 3 N–H and O–H groups in total. The van der Waals surface area contributed by atoms with Crippen LogP contribution in [0.4, 0.5) is 21.5 Å². The smallest absolute Gasteiger partial charge is 0.227 e. The van der Waals surface area contributed by atoms with E-state index in [-0.39, 0.29) is 17.5 Å². The predicted molar refractivity (Wildman–Crippen MR) is 90.8 cm³/mol. The van der Waals surface area contributed by atoms with Crippen molar-refractivity contribution in [2.75, 3.05) is 29.0 Å². The van der Waals surface area contributed by atoms with Crippen molar-refractivity contribution < 1.29 is 9.18 Å². The molecule has 0 bridgehead atoms. The summed E-state index contributed by atoms with van der Waals surface area (Å²) in [5.41, 5.74) is 7.81. The molecule has 2 aromatic carbocycles. The van der Waals surface area contributed by atoms with Crippen LogP contribution in [-0.4, -0.2) is 19.0 Å². The average Bonchev–Trinajstić information content (AvgIpc) is 2.58. The fourth-order valence-electron chi connectivity index (χ4n) is 2.88. The quantitative estimate of drug-likeness (QED) is 0.855. The van der Waals surface area contributed by atoms with Crippen LogP contribution in [0.3, 0.4) is 0 Å². The van der Waals surface area contributed by atoms with Gasteiger partial charge < -0.3 is 16.0 Å². The van der Waals surface area contributed by atoms with Crippen LogP contribution in [0.15, 0.2) is 48.5 Å². The van der Waals surface area contributed by atoms with E-state index in [2.05, 4.69) is 10.2 Å². The third kappa shape index (κ3) is 3.62. The Kier molecular flexibility index (Phi) is 4.46. The summed E-state index contributed by atoms with van der Waals surface area (Å²) in [5, 5.41) is 2.69. The molecule has 120 valence electrons. The molecular weight excluding hydrogens is 293 g/mol.